The molecule has 0 atom stereocenters. The summed E-state index contributed by atoms with van der Waals surface area (Å²) in [5.41, 5.74) is 5.64. The molecule has 7 N–H and O–H groups in total. The van der Waals surface area contributed by atoms with Gasteiger partial charge in [0.25, 0.3) is 5.56 Å². The highest BCUT2D eigenvalue weighted by molar-refractivity contribution is 8.23. The lowest BCUT2D eigenvalue weighted by Crippen LogP contribution is -2.35. The van der Waals surface area contributed by atoms with E-state index in [-0.39, 0.29) is 39.2 Å². The van der Waals surface area contributed by atoms with Crippen molar-refractivity contribution in [2.75, 3.05) is 5.32 Å². The molecule has 0 unspecified atom stereocenters. The molecule has 2 aromatic carbocycles. The molecule has 5 rings (SSSR count). The number of benzene rings is 2. The molecular formula is C24H21N5O7S2. The molecule has 0 saturated carbocycles. The van der Waals surface area contributed by atoms with E-state index < -0.39 is 35.1 Å². The number of amidine groups is 1. The smallest absolute Gasteiger partial charge is 0.415 e. The van der Waals surface area contributed by atoms with Crippen molar-refractivity contribution in [1.82, 2.24) is 9.88 Å². The van der Waals surface area contributed by atoms with Gasteiger partial charge in [0.05, 0.1) is 12.1 Å². The number of primary amides is 1. The Morgan fingerprint density at radius 3 is 2.58 bits per heavy atom. The number of carbonyl (C=O) groups excluding carboxylic acids is 2. The van der Waals surface area contributed by atoms with Gasteiger partial charge in [-0.3, -0.25) is 13.9 Å². The number of nitrogens with zero attached hydrogens (tertiary/aromatic N) is 2. The third-order valence-electron chi connectivity index (χ3n) is 5.69. The van der Waals surface area contributed by atoms with Crippen LogP contribution in [0.2, 0.25) is 0 Å². The fourth-order valence-electron chi connectivity index (χ4n) is 4.09. The molecule has 196 valence electrons. The normalized spacial score (nSPS) is 14.6. The summed E-state index contributed by atoms with van der Waals surface area (Å²) in [6.07, 6.45) is -1.11. The van der Waals surface area contributed by atoms with Crippen molar-refractivity contribution in [2.45, 2.75) is 18.0 Å². The van der Waals surface area contributed by atoms with Crippen molar-refractivity contribution in [3.05, 3.63) is 87.0 Å². The summed E-state index contributed by atoms with van der Waals surface area (Å²) >= 11 is 1.06. The van der Waals surface area contributed by atoms with Crippen molar-refractivity contribution >= 4 is 56.0 Å². The van der Waals surface area contributed by atoms with Crippen LogP contribution >= 0.6 is 22.1 Å². The van der Waals surface area contributed by atoms with E-state index in [1.165, 1.54) is 9.95 Å². The van der Waals surface area contributed by atoms with Crippen LogP contribution in [-0.4, -0.2) is 36.7 Å². The average molecular weight is 556 g/mol. The van der Waals surface area contributed by atoms with Gasteiger partial charge in [0.1, 0.15) is 27.8 Å². The molecule has 3 heterocycles. The maximum absolute atomic E-state index is 13.7. The van der Waals surface area contributed by atoms with Gasteiger partial charge in [0.2, 0.25) is 0 Å². The van der Waals surface area contributed by atoms with Crippen LogP contribution in [0, 0.1) is 0 Å². The number of nitrogens with two attached hydrogens (primary N) is 1. The number of urea groups is 1. The van der Waals surface area contributed by atoms with Gasteiger partial charge in [0, 0.05) is 16.3 Å². The van der Waals surface area contributed by atoms with Gasteiger partial charge in [0.15, 0.2) is 5.84 Å². The van der Waals surface area contributed by atoms with Gasteiger partial charge >= 0.3 is 12.1 Å². The summed E-state index contributed by atoms with van der Waals surface area (Å²) in [5, 5.41) is 17.9. The second kappa shape index (κ2) is 9.83. The van der Waals surface area contributed by atoms with Crippen molar-refractivity contribution in [1.29, 1.82) is 0 Å². The molecule has 14 heteroatoms. The Bertz CT molecular complexity index is 1660. The predicted molar refractivity (Wildman–Crippen MR) is 144 cm³/mol. The number of imide groups is 1. The minimum Gasteiger partial charge on any atom is -0.506 e. The molecule has 0 aliphatic carbocycles. The minimum absolute atomic E-state index is 0.0250. The lowest BCUT2D eigenvalue weighted by molar-refractivity contribution is 0.140. The SMILES string of the molecule is NC(=O)NC(=O)OCc1csc2c1S(O)(O)N=C(c1c(O)c3ccccc3n(Cc3ccccc3)c1=O)N2. The van der Waals surface area contributed by atoms with E-state index >= 15 is 0 Å². The number of amides is 3. The maximum Gasteiger partial charge on any atom is 0.415 e. The first-order valence-electron chi connectivity index (χ1n) is 11.0. The topological polar surface area (TPSA) is 188 Å². The van der Waals surface area contributed by atoms with Gasteiger partial charge in [-0.15, -0.1) is 15.7 Å². The molecule has 0 saturated heterocycles. The second-order valence-electron chi connectivity index (χ2n) is 8.19. The second-order valence-corrected chi connectivity index (χ2v) is 10.7. The van der Waals surface area contributed by atoms with Gasteiger partial charge in [-0.1, -0.05) is 53.2 Å². The molecule has 1 aliphatic rings. The first kappa shape index (κ1) is 25.3. The molecule has 0 spiro atoms. The Balaban J connectivity index is 1.57. The van der Waals surface area contributed by atoms with Crippen LogP contribution in [0.1, 0.15) is 16.7 Å². The Kier molecular flexibility index (Phi) is 6.54. The third kappa shape index (κ3) is 4.68. The number of pyridine rings is 1. The minimum atomic E-state index is -3.88. The molecule has 0 radical (unpaired) electrons. The molecule has 2 aromatic heterocycles. The van der Waals surface area contributed by atoms with Crippen molar-refractivity contribution in [2.24, 2.45) is 10.1 Å². The highest BCUT2D eigenvalue weighted by Crippen LogP contribution is 2.59. The Morgan fingerprint density at radius 2 is 1.84 bits per heavy atom. The number of para-hydroxylation sites is 1. The van der Waals surface area contributed by atoms with Gasteiger partial charge in [-0.05, 0) is 17.7 Å². The molecular weight excluding hydrogens is 534 g/mol. The van der Waals surface area contributed by atoms with E-state index in [1.54, 1.807) is 29.6 Å². The fourth-order valence-corrected chi connectivity index (χ4v) is 6.73. The van der Waals surface area contributed by atoms with Crippen LogP contribution in [0.5, 0.6) is 5.75 Å². The number of hydrogen-bond donors (Lipinski definition) is 6. The summed E-state index contributed by atoms with van der Waals surface area (Å²) in [7, 11) is -3.88. The van der Waals surface area contributed by atoms with Crippen LogP contribution in [-0.2, 0) is 17.9 Å². The maximum atomic E-state index is 13.7. The Hall–Kier alpha value is -4.37. The number of rotatable bonds is 5. The monoisotopic (exact) mass is 555 g/mol. The zero-order valence-electron chi connectivity index (χ0n) is 19.5. The van der Waals surface area contributed by atoms with Gasteiger partial charge in [-0.2, -0.15) is 0 Å². The highest BCUT2D eigenvalue weighted by atomic mass is 32.3. The summed E-state index contributed by atoms with van der Waals surface area (Å²) in [6, 6.07) is 15.0. The zero-order valence-corrected chi connectivity index (χ0v) is 21.1. The molecule has 38 heavy (non-hydrogen) atoms. The van der Waals surface area contributed by atoms with Crippen molar-refractivity contribution in [3.63, 3.8) is 0 Å². The van der Waals surface area contributed by atoms with Crippen LogP contribution in [0.4, 0.5) is 14.6 Å². The average Bonchev–Trinajstić information content (AvgIpc) is 3.29. The standard InChI is InChI=1S/C24H21N5O7S2/c25-23(32)27-24(33)36-11-14-12-37-21-19(14)38(34,35)28-20(26-21)17-18(30)15-8-4-5-9-16(15)29(22(17)31)10-13-6-2-1-3-7-13/h1-9,12,30,34-35H,10-11H2,(H,26,28)(H3,25,27,32,33). The quantitative estimate of drug-likeness (QED) is 0.213. The van der Waals surface area contributed by atoms with Gasteiger partial charge in [-0.25, -0.2) is 14.9 Å². The summed E-state index contributed by atoms with van der Waals surface area (Å²) in [5.74, 6) is -0.573. The number of alkyl carbamates (subject to hydrolysis) is 1. The number of hydrogen-bond acceptors (Lipinski definition) is 10. The molecule has 12 nitrogen and oxygen atoms in total. The summed E-state index contributed by atoms with van der Waals surface area (Å²) in [6.45, 7) is -0.200. The summed E-state index contributed by atoms with van der Waals surface area (Å²) < 4.78 is 32.3. The lowest BCUT2D eigenvalue weighted by Gasteiger charge is -2.33. The summed E-state index contributed by atoms with van der Waals surface area (Å²) in [4.78, 5) is 36.1. The highest BCUT2D eigenvalue weighted by Gasteiger charge is 2.34. The predicted octanol–water partition coefficient (Wildman–Crippen LogP) is 4.02. The number of fused-ring (bicyclic) bond motifs is 2. The largest absolute Gasteiger partial charge is 0.506 e. The van der Waals surface area contributed by atoms with E-state index in [9.17, 15) is 28.6 Å². The van der Waals surface area contributed by atoms with Crippen LogP contribution in [0.3, 0.4) is 0 Å². The molecule has 3 amide bonds. The number of ether oxygens (including phenoxy) is 1. The molecule has 4 aromatic rings. The van der Waals surface area contributed by atoms with Crippen molar-refractivity contribution < 1.29 is 28.5 Å². The first-order valence-corrected chi connectivity index (χ1v) is 13.4. The van der Waals surface area contributed by atoms with E-state index in [0.717, 1.165) is 16.9 Å². The number of anilines is 1. The Labute approximate surface area is 220 Å². The number of nitrogens with one attached hydrogen (secondary N) is 2. The number of aromatic nitrogens is 1. The molecule has 1 aliphatic heterocycles. The Morgan fingerprint density at radius 1 is 1.13 bits per heavy atom. The number of aromatic hydroxyl groups is 1. The van der Waals surface area contributed by atoms with Crippen molar-refractivity contribution in [3.8, 4) is 5.75 Å². The number of carbonyl (C=O) groups is 2. The van der Waals surface area contributed by atoms with E-state index in [4.69, 9.17) is 10.5 Å². The van der Waals surface area contributed by atoms with E-state index in [0.29, 0.717) is 10.9 Å². The van der Waals surface area contributed by atoms with E-state index in [1.807, 2.05) is 30.3 Å². The lowest BCUT2D eigenvalue weighted by atomic mass is 10.1. The van der Waals surface area contributed by atoms with Crippen LogP contribution in [0.25, 0.3) is 10.9 Å². The zero-order chi connectivity index (χ0) is 27.0. The third-order valence-corrected chi connectivity index (χ3v) is 8.22. The van der Waals surface area contributed by atoms with Crippen LogP contribution in [0.15, 0.2) is 74.1 Å². The van der Waals surface area contributed by atoms with Crippen LogP contribution < -0.4 is 21.9 Å². The fraction of sp³-hybridized carbons (Fsp3) is 0.0833. The molecule has 0 fully saturated rings. The molecule has 0 bridgehead atoms. The van der Waals surface area contributed by atoms with Gasteiger partial charge < -0.3 is 25.5 Å². The number of thiophene rings is 1. The van der Waals surface area contributed by atoms with E-state index in [2.05, 4.69) is 9.71 Å². The first-order chi connectivity index (χ1) is 18.2.